The standard InChI is InChI=1S/C10H16N4O/c15-10(14-8-3-1-2-4-8)12-6-9-5-11-7-13-9/h5,7-8H,1-4,6H2,(H,11,13)(H2,12,14,15). The Morgan fingerprint density at radius 3 is 3.00 bits per heavy atom. The van der Waals surface area contributed by atoms with Gasteiger partial charge >= 0.3 is 6.03 Å². The van der Waals surface area contributed by atoms with Gasteiger partial charge in [0.25, 0.3) is 0 Å². The maximum absolute atomic E-state index is 11.4. The summed E-state index contributed by atoms with van der Waals surface area (Å²) in [5, 5.41) is 5.75. The molecule has 5 nitrogen and oxygen atoms in total. The number of carbonyl (C=O) groups is 1. The van der Waals surface area contributed by atoms with Crippen molar-refractivity contribution in [2.75, 3.05) is 0 Å². The lowest BCUT2D eigenvalue weighted by molar-refractivity contribution is 0.236. The molecule has 0 aliphatic heterocycles. The Morgan fingerprint density at radius 1 is 1.53 bits per heavy atom. The van der Waals surface area contributed by atoms with Gasteiger partial charge in [0.2, 0.25) is 0 Å². The Morgan fingerprint density at radius 2 is 2.33 bits per heavy atom. The van der Waals surface area contributed by atoms with Crippen molar-refractivity contribution in [3.8, 4) is 0 Å². The van der Waals surface area contributed by atoms with Crippen LogP contribution in [0.5, 0.6) is 0 Å². The summed E-state index contributed by atoms with van der Waals surface area (Å²) >= 11 is 0. The van der Waals surface area contributed by atoms with Gasteiger partial charge in [-0.05, 0) is 12.8 Å². The number of hydrogen-bond acceptors (Lipinski definition) is 2. The quantitative estimate of drug-likeness (QED) is 0.697. The molecule has 1 aromatic heterocycles. The third kappa shape index (κ3) is 2.97. The normalized spacial score (nSPS) is 16.5. The molecule has 0 spiro atoms. The van der Waals surface area contributed by atoms with Crippen LogP contribution in [0.4, 0.5) is 4.79 Å². The second-order valence-corrected chi connectivity index (χ2v) is 3.89. The first-order chi connectivity index (χ1) is 7.34. The highest BCUT2D eigenvalue weighted by molar-refractivity contribution is 5.74. The first-order valence-corrected chi connectivity index (χ1v) is 5.36. The number of H-pyrrole nitrogens is 1. The van der Waals surface area contributed by atoms with E-state index in [-0.39, 0.29) is 6.03 Å². The van der Waals surface area contributed by atoms with E-state index in [9.17, 15) is 4.79 Å². The highest BCUT2D eigenvalue weighted by Crippen LogP contribution is 2.17. The van der Waals surface area contributed by atoms with Crippen molar-refractivity contribution in [1.82, 2.24) is 20.6 Å². The number of amides is 2. The monoisotopic (exact) mass is 208 g/mol. The van der Waals surface area contributed by atoms with Gasteiger partial charge in [-0.15, -0.1) is 0 Å². The Kier molecular flexibility index (Phi) is 3.22. The fraction of sp³-hybridized carbons (Fsp3) is 0.600. The predicted molar refractivity (Wildman–Crippen MR) is 56.2 cm³/mol. The van der Waals surface area contributed by atoms with E-state index in [1.807, 2.05) is 0 Å². The Hall–Kier alpha value is -1.52. The molecule has 1 fully saturated rings. The van der Waals surface area contributed by atoms with Crippen LogP contribution in [0.25, 0.3) is 0 Å². The van der Waals surface area contributed by atoms with Crippen LogP contribution in [0.15, 0.2) is 12.5 Å². The maximum atomic E-state index is 11.4. The molecule has 82 valence electrons. The number of nitrogens with zero attached hydrogens (tertiary/aromatic N) is 1. The first-order valence-electron chi connectivity index (χ1n) is 5.36. The zero-order chi connectivity index (χ0) is 10.5. The first kappa shape index (κ1) is 10.0. The summed E-state index contributed by atoms with van der Waals surface area (Å²) in [5.74, 6) is 0. The van der Waals surface area contributed by atoms with Gasteiger partial charge in [-0.25, -0.2) is 9.78 Å². The SMILES string of the molecule is O=C(NCc1cnc[nH]1)NC1CCCC1. The zero-order valence-corrected chi connectivity index (χ0v) is 8.62. The van der Waals surface area contributed by atoms with Gasteiger partial charge < -0.3 is 15.6 Å². The van der Waals surface area contributed by atoms with E-state index in [1.165, 1.54) is 12.8 Å². The Labute approximate surface area is 88.7 Å². The molecule has 0 saturated heterocycles. The lowest BCUT2D eigenvalue weighted by atomic mass is 10.2. The average molecular weight is 208 g/mol. The summed E-state index contributed by atoms with van der Waals surface area (Å²) in [4.78, 5) is 18.2. The van der Waals surface area contributed by atoms with Crippen LogP contribution < -0.4 is 10.6 Å². The van der Waals surface area contributed by atoms with Gasteiger partial charge in [0, 0.05) is 12.2 Å². The molecule has 1 aliphatic carbocycles. The molecule has 1 aromatic rings. The number of carbonyl (C=O) groups excluding carboxylic acids is 1. The molecule has 3 N–H and O–H groups in total. The molecule has 1 saturated carbocycles. The van der Waals surface area contributed by atoms with Crippen molar-refractivity contribution >= 4 is 6.03 Å². The smallest absolute Gasteiger partial charge is 0.315 e. The molecule has 2 rings (SSSR count). The Balaban J connectivity index is 1.68. The topological polar surface area (TPSA) is 69.8 Å². The van der Waals surface area contributed by atoms with Crippen molar-refractivity contribution in [3.05, 3.63) is 18.2 Å². The minimum absolute atomic E-state index is 0.0866. The van der Waals surface area contributed by atoms with E-state index in [1.54, 1.807) is 12.5 Å². The fourth-order valence-electron chi connectivity index (χ4n) is 1.86. The lowest BCUT2D eigenvalue weighted by Crippen LogP contribution is -2.40. The summed E-state index contributed by atoms with van der Waals surface area (Å²) < 4.78 is 0. The van der Waals surface area contributed by atoms with Gasteiger partial charge in [0.05, 0.1) is 18.6 Å². The van der Waals surface area contributed by atoms with Crippen LogP contribution in [0.3, 0.4) is 0 Å². The minimum Gasteiger partial charge on any atom is -0.347 e. The molecule has 0 atom stereocenters. The van der Waals surface area contributed by atoms with Crippen molar-refractivity contribution in [2.24, 2.45) is 0 Å². The highest BCUT2D eigenvalue weighted by atomic mass is 16.2. The zero-order valence-electron chi connectivity index (χ0n) is 8.62. The van der Waals surface area contributed by atoms with Gasteiger partial charge in [-0.1, -0.05) is 12.8 Å². The number of imidazole rings is 1. The van der Waals surface area contributed by atoms with E-state index < -0.39 is 0 Å². The maximum Gasteiger partial charge on any atom is 0.315 e. The second kappa shape index (κ2) is 4.82. The predicted octanol–water partition coefficient (Wildman–Crippen LogP) is 1.15. The van der Waals surface area contributed by atoms with Gasteiger partial charge in [0.1, 0.15) is 0 Å². The average Bonchev–Trinajstić information content (AvgIpc) is 2.86. The molecule has 0 radical (unpaired) electrons. The number of hydrogen-bond donors (Lipinski definition) is 3. The fourth-order valence-corrected chi connectivity index (χ4v) is 1.86. The van der Waals surface area contributed by atoms with Gasteiger partial charge in [-0.3, -0.25) is 0 Å². The molecule has 1 heterocycles. The van der Waals surface area contributed by atoms with E-state index in [0.29, 0.717) is 12.6 Å². The van der Waals surface area contributed by atoms with E-state index in [0.717, 1.165) is 18.5 Å². The van der Waals surface area contributed by atoms with E-state index >= 15 is 0 Å². The van der Waals surface area contributed by atoms with E-state index in [2.05, 4.69) is 20.6 Å². The number of aromatic amines is 1. The minimum atomic E-state index is -0.0866. The Bertz CT molecular complexity index is 303. The number of rotatable bonds is 3. The summed E-state index contributed by atoms with van der Waals surface area (Å²) in [6, 6.07) is 0.281. The van der Waals surface area contributed by atoms with Crippen molar-refractivity contribution in [1.29, 1.82) is 0 Å². The summed E-state index contributed by atoms with van der Waals surface area (Å²) in [6.07, 6.45) is 7.98. The number of aromatic nitrogens is 2. The molecule has 1 aliphatic rings. The molecule has 15 heavy (non-hydrogen) atoms. The molecule has 0 unspecified atom stereocenters. The van der Waals surface area contributed by atoms with Crippen LogP contribution in [0.2, 0.25) is 0 Å². The van der Waals surface area contributed by atoms with Crippen molar-refractivity contribution in [3.63, 3.8) is 0 Å². The van der Waals surface area contributed by atoms with Gasteiger partial charge in [0.15, 0.2) is 0 Å². The largest absolute Gasteiger partial charge is 0.347 e. The summed E-state index contributed by atoms with van der Waals surface area (Å²) in [5.41, 5.74) is 0.913. The van der Waals surface area contributed by atoms with Crippen LogP contribution >= 0.6 is 0 Å². The van der Waals surface area contributed by atoms with Crippen LogP contribution in [-0.2, 0) is 6.54 Å². The molecular weight excluding hydrogens is 192 g/mol. The molecule has 2 amide bonds. The molecular formula is C10H16N4O. The molecule has 0 bridgehead atoms. The number of urea groups is 1. The lowest BCUT2D eigenvalue weighted by Gasteiger charge is -2.12. The molecule has 5 heteroatoms. The van der Waals surface area contributed by atoms with Crippen LogP contribution in [-0.4, -0.2) is 22.0 Å². The third-order valence-electron chi connectivity index (χ3n) is 2.68. The summed E-state index contributed by atoms with van der Waals surface area (Å²) in [7, 11) is 0. The second-order valence-electron chi connectivity index (χ2n) is 3.89. The highest BCUT2D eigenvalue weighted by Gasteiger charge is 2.16. The summed E-state index contributed by atoms with van der Waals surface area (Å²) in [6.45, 7) is 0.499. The van der Waals surface area contributed by atoms with Crippen LogP contribution in [0, 0.1) is 0 Å². The van der Waals surface area contributed by atoms with E-state index in [4.69, 9.17) is 0 Å². The van der Waals surface area contributed by atoms with Crippen LogP contribution in [0.1, 0.15) is 31.4 Å². The molecule has 0 aromatic carbocycles. The third-order valence-corrected chi connectivity index (χ3v) is 2.68. The van der Waals surface area contributed by atoms with Crippen molar-refractivity contribution in [2.45, 2.75) is 38.3 Å². The van der Waals surface area contributed by atoms with Crippen molar-refractivity contribution < 1.29 is 4.79 Å². The van der Waals surface area contributed by atoms with Gasteiger partial charge in [-0.2, -0.15) is 0 Å². The number of nitrogens with one attached hydrogen (secondary N) is 3.